The molecule has 0 saturated carbocycles. The van der Waals surface area contributed by atoms with E-state index < -0.39 is 5.82 Å². The number of nitrogens with zero attached hydrogens (tertiary/aromatic N) is 3. The van der Waals surface area contributed by atoms with Crippen LogP contribution in [0.15, 0.2) is 66.9 Å². The molecule has 36 heavy (non-hydrogen) atoms. The van der Waals surface area contributed by atoms with Gasteiger partial charge in [0.25, 0.3) is 5.91 Å². The molecule has 8 heteroatoms. The lowest BCUT2D eigenvalue weighted by atomic mass is 10.1. The Hall–Kier alpha value is -3.45. The van der Waals surface area contributed by atoms with E-state index in [1.807, 2.05) is 24.3 Å². The number of carbonyl (C=O) groups is 2. The van der Waals surface area contributed by atoms with Crippen molar-refractivity contribution in [2.24, 2.45) is 0 Å². The summed E-state index contributed by atoms with van der Waals surface area (Å²) in [5, 5.41) is 3.22. The summed E-state index contributed by atoms with van der Waals surface area (Å²) in [4.78, 5) is 33.4. The van der Waals surface area contributed by atoms with E-state index >= 15 is 0 Å². The second kappa shape index (κ2) is 12.5. The van der Waals surface area contributed by atoms with Crippen molar-refractivity contribution in [3.8, 4) is 0 Å². The van der Waals surface area contributed by atoms with Gasteiger partial charge in [-0.2, -0.15) is 0 Å². The Morgan fingerprint density at radius 2 is 1.72 bits per heavy atom. The number of amides is 2. The second-order valence-corrected chi connectivity index (χ2v) is 9.26. The van der Waals surface area contributed by atoms with Gasteiger partial charge in [0.1, 0.15) is 11.6 Å². The number of aryl methyl sites for hydroxylation is 1. The van der Waals surface area contributed by atoms with Gasteiger partial charge in [-0.3, -0.25) is 9.59 Å². The summed E-state index contributed by atoms with van der Waals surface area (Å²) in [5.74, 6) is 0.0232. The fourth-order valence-electron chi connectivity index (χ4n) is 4.26. The van der Waals surface area contributed by atoms with E-state index in [1.165, 1.54) is 17.7 Å². The fourth-order valence-corrected chi connectivity index (χ4v) is 4.49. The summed E-state index contributed by atoms with van der Waals surface area (Å²) >= 11 is 6.06. The van der Waals surface area contributed by atoms with Crippen LogP contribution in [-0.4, -0.2) is 54.4 Å². The largest absolute Gasteiger partial charge is 0.353 e. The van der Waals surface area contributed by atoms with Crippen molar-refractivity contribution < 1.29 is 14.0 Å². The van der Waals surface area contributed by atoms with Crippen LogP contribution in [-0.2, 0) is 17.6 Å². The van der Waals surface area contributed by atoms with E-state index in [-0.39, 0.29) is 28.8 Å². The predicted molar refractivity (Wildman–Crippen MR) is 140 cm³/mol. The van der Waals surface area contributed by atoms with Crippen LogP contribution in [0.3, 0.4) is 0 Å². The Labute approximate surface area is 216 Å². The van der Waals surface area contributed by atoms with Gasteiger partial charge >= 0.3 is 0 Å². The lowest BCUT2D eigenvalue weighted by molar-refractivity contribution is -0.130. The minimum absolute atomic E-state index is 0.0557. The standard InChI is InChI=1S/C28H30ClFN4O2/c29-24-10-6-11-25(30)23(24)19-27(35)34-17-15-33(16-18-34)26-13-12-22(20-32-26)28(36)31-14-5-4-9-21-7-2-1-3-8-21/h1-3,6-8,10-13,20H,4-5,9,14-19H2,(H,31,36). The second-order valence-electron chi connectivity index (χ2n) is 8.85. The smallest absolute Gasteiger partial charge is 0.252 e. The molecule has 6 nitrogen and oxygen atoms in total. The van der Waals surface area contributed by atoms with E-state index in [4.69, 9.17) is 11.6 Å². The van der Waals surface area contributed by atoms with Crippen LogP contribution in [0, 0.1) is 5.82 Å². The number of rotatable bonds is 9. The van der Waals surface area contributed by atoms with Crippen LogP contribution in [0.5, 0.6) is 0 Å². The molecule has 2 heterocycles. The molecule has 1 saturated heterocycles. The summed E-state index contributed by atoms with van der Waals surface area (Å²) in [6.07, 6.45) is 4.47. The first-order valence-electron chi connectivity index (χ1n) is 12.2. The maximum atomic E-state index is 14.0. The van der Waals surface area contributed by atoms with E-state index in [2.05, 4.69) is 27.3 Å². The Kier molecular flexibility index (Phi) is 8.90. The Balaban J connectivity index is 1.20. The van der Waals surface area contributed by atoms with Crippen molar-refractivity contribution in [2.45, 2.75) is 25.7 Å². The molecule has 1 aromatic heterocycles. The zero-order valence-electron chi connectivity index (χ0n) is 20.1. The van der Waals surface area contributed by atoms with Gasteiger partial charge in [-0.15, -0.1) is 0 Å². The molecule has 1 aliphatic rings. The highest BCUT2D eigenvalue weighted by Crippen LogP contribution is 2.21. The molecule has 1 fully saturated rings. The lowest BCUT2D eigenvalue weighted by Gasteiger charge is -2.35. The summed E-state index contributed by atoms with van der Waals surface area (Å²) < 4.78 is 14.0. The van der Waals surface area contributed by atoms with E-state index in [0.29, 0.717) is 38.3 Å². The van der Waals surface area contributed by atoms with Gasteiger partial charge in [-0.05, 0) is 49.1 Å². The van der Waals surface area contributed by atoms with Crippen molar-refractivity contribution in [2.75, 3.05) is 37.6 Å². The molecular formula is C28H30ClFN4O2. The van der Waals surface area contributed by atoms with Gasteiger partial charge in [0.2, 0.25) is 5.91 Å². The Morgan fingerprint density at radius 3 is 2.42 bits per heavy atom. The fraction of sp³-hybridized carbons (Fsp3) is 0.321. The monoisotopic (exact) mass is 508 g/mol. The van der Waals surface area contributed by atoms with E-state index in [1.54, 1.807) is 23.2 Å². The molecule has 0 spiro atoms. The number of hydrogen-bond donors (Lipinski definition) is 1. The first kappa shape index (κ1) is 25.6. The number of piperazine rings is 1. The van der Waals surface area contributed by atoms with Gasteiger partial charge in [-0.25, -0.2) is 9.37 Å². The predicted octanol–water partition coefficient (Wildman–Crippen LogP) is 4.52. The van der Waals surface area contributed by atoms with Crippen LogP contribution in [0.4, 0.5) is 10.2 Å². The van der Waals surface area contributed by atoms with Crippen molar-refractivity contribution in [3.63, 3.8) is 0 Å². The number of unbranched alkanes of at least 4 members (excludes halogenated alkanes) is 1. The number of benzene rings is 2. The molecule has 2 amide bonds. The van der Waals surface area contributed by atoms with Crippen molar-refractivity contribution in [3.05, 3.63) is 94.4 Å². The van der Waals surface area contributed by atoms with Gasteiger partial charge < -0.3 is 15.1 Å². The molecule has 0 bridgehead atoms. The summed E-state index contributed by atoms with van der Waals surface area (Å²) in [6, 6.07) is 18.4. The normalized spacial score (nSPS) is 13.5. The summed E-state index contributed by atoms with van der Waals surface area (Å²) in [7, 11) is 0. The third-order valence-electron chi connectivity index (χ3n) is 6.38. The molecule has 0 radical (unpaired) electrons. The first-order valence-corrected chi connectivity index (χ1v) is 12.6. The number of nitrogens with one attached hydrogen (secondary N) is 1. The average Bonchev–Trinajstić information content (AvgIpc) is 2.91. The molecule has 2 aromatic carbocycles. The third-order valence-corrected chi connectivity index (χ3v) is 6.73. The zero-order valence-corrected chi connectivity index (χ0v) is 20.9. The van der Waals surface area contributed by atoms with Crippen LogP contribution in [0.2, 0.25) is 5.02 Å². The number of carbonyl (C=O) groups excluding carboxylic acids is 2. The lowest BCUT2D eigenvalue weighted by Crippen LogP contribution is -2.49. The molecule has 1 N–H and O–H groups in total. The van der Waals surface area contributed by atoms with E-state index in [9.17, 15) is 14.0 Å². The third kappa shape index (κ3) is 6.82. The molecule has 1 aliphatic heterocycles. The van der Waals surface area contributed by atoms with Crippen LogP contribution in [0.1, 0.15) is 34.3 Å². The van der Waals surface area contributed by atoms with Crippen LogP contribution >= 0.6 is 11.6 Å². The molecule has 0 atom stereocenters. The number of hydrogen-bond acceptors (Lipinski definition) is 4. The highest BCUT2D eigenvalue weighted by molar-refractivity contribution is 6.31. The minimum Gasteiger partial charge on any atom is -0.353 e. The van der Waals surface area contributed by atoms with Crippen molar-refractivity contribution in [1.29, 1.82) is 0 Å². The highest BCUT2D eigenvalue weighted by atomic mass is 35.5. The number of anilines is 1. The molecule has 188 valence electrons. The molecule has 3 aromatic rings. The van der Waals surface area contributed by atoms with Gasteiger partial charge in [0.05, 0.1) is 12.0 Å². The number of pyridine rings is 1. The zero-order chi connectivity index (χ0) is 25.3. The highest BCUT2D eigenvalue weighted by Gasteiger charge is 2.23. The van der Waals surface area contributed by atoms with E-state index in [0.717, 1.165) is 25.1 Å². The number of aromatic nitrogens is 1. The SMILES string of the molecule is O=C(NCCCCc1ccccc1)c1ccc(N2CCN(C(=O)Cc3c(F)cccc3Cl)CC2)nc1. The summed E-state index contributed by atoms with van der Waals surface area (Å²) in [5.41, 5.74) is 2.07. The molecule has 0 unspecified atom stereocenters. The maximum Gasteiger partial charge on any atom is 0.252 e. The first-order chi connectivity index (χ1) is 17.5. The molecule has 0 aliphatic carbocycles. The molecular weight excluding hydrogens is 479 g/mol. The maximum absolute atomic E-state index is 14.0. The topological polar surface area (TPSA) is 65.5 Å². The van der Waals surface area contributed by atoms with Crippen molar-refractivity contribution >= 4 is 29.2 Å². The average molecular weight is 509 g/mol. The van der Waals surface area contributed by atoms with Gasteiger partial charge in [-0.1, -0.05) is 48.0 Å². The minimum atomic E-state index is -0.463. The number of halogens is 2. The van der Waals surface area contributed by atoms with Gasteiger partial charge in [0.15, 0.2) is 0 Å². The quantitative estimate of drug-likeness (QED) is 0.432. The molecule has 4 rings (SSSR count). The van der Waals surface area contributed by atoms with Crippen LogP contribution in [0.25, 0.3) is 0 Å². The summed E-state index contributed by atoms with van der Waals surface area (Å²) in [6.45, 7) is 2.87. The van der Waals surface area contributed by atoms with Crippen LogP contribution < -0.4 is 10.2 Å². The van der Waals surface area contributed by atoms with Gasteiger partial charge in [0, 0.05) is 49.5 Å². The van der Waals surface area contributed by atoms with Crippen molar-refractivity contribution in [1.82, 2.24) is 15.2 Å². The Morgan fingerprint density at radius 1 is 0.944 bits per heavy atom. The Bertz CT molecular complexity index is 1150.